The predicted molar refractivity (Wildman–Crippen MR) is 132 cm³/mol. The highest BCUT2D eigenvalue weighted by Gasteiger charge is 2.28. The smallest absolute Gasteiger partial charge is 0.251 e. The molecule has 0 aliphatic rings. The van der Waals surface area contributed by atoms with E-state index in [4.69, 9.17) is 28.2 Å². The zero-order valence-corrected chi connectivity index (χ0v) is 20.2. The molecule has 0 aromatic heterocycles. The lowest BCUT2D eigenvalue weighted by Crippen LogP contribution is -2.36. The van der Waals surface area contributed by atoms with Crippen molar-refractivity contribution in [3.05, 3.63) is 47.5 Å². The number of amides is 1. The Morgan fingerprint density at radius 1 is 1.20 bits per heavy atom. The van der Waals surface area contributed by atoms with E-state index >= 15 is 0 Å². The molecule has 2 rings (SSSR count). The molecule has 14 N–H and O–H groups in total. The van der Waals surface area contributed by atoms with Crippen LogP contribution in [-0.2, 0) is 21.0 Å². The van der Waals surface area contributed by atoms with Crippen LogP contribution in [0.3, 0.4) is 0 Å². The Kier molecular flexibility index (Phi) is 10.2. The summed E-state index contributed by atoms with van der Waals surface area (Å²) in [6, 6.07) is 8.94. The van der Waals surface area contributed by atoms with Crippen molar-refractivity contribution in [1.29, 1.82) is 0 Å². The number of aliphatic hydroxyl groups is 1. The molecular formula is C19H29N9O5S2. The van der Waals surface area contributed by atoms with Crippen molar-refractivity contribution in [3.8, 4) is 11.1 Å². The van der Waals surface area contributed by atoms with Crippen molar-refractivity contribution in [3.63, 3.8) is 0 Å². The summed E-state index contributed by atoms with van der Waals surface area (Å²) < 4.78 is 40.6. The van der Waals surface area contributed by atoms with Crippen LogP contribution in [0, 0.1) is 0 Å². The first kappa shape index (κ1) is 28.3. The van der Waals surface area contributed by atoms with Gasteiger partial charge in [0.15, 0.2) is 5.84 Å². The molecule has 0 spiro atoms. The molecule has 0 saturated carbocycles. The van der Waals surface area contributed by atoms with Gasteiger partial charge in [0.05, 0.1) is 11.0 Å². The summed E-state index contributed by atoms with van der Waals surface area (Å²) in [7, 11) is -6.49. The van der Waals surface area contributed by atoms with Crippen LogP contribution in [-0.4, -0.2) is 61.8 Å². The number of aliphatic hydroxyl groups excluding tert-OH is 1. The third-order valence-electron chi connectivity index (χ3n) is 4.63. The lowest BCUT2D eigenvalue weighted by molar-refractivity contribution is 0.0920. The molecule has 14 nitrogen and oxygen atoms in total. The minimum Gasteiger partial charge on any atom is -0.390 e. The minimum absolute atomic E-state index is 0.0261. The van der Waals surface area contributed by atoms with Gasteiger partial charge in [-0.1, -0.05) is 18.2 Å². The fourth-order valence-electron chi connectivity index (χ4n) is 3.07. The fraction of sp³-hybridized carbons (Fsp3) is 0.263. The summed E-state index contributed by atoms with van der Waals surface area (Å²) in [5.74, 6) is 4.39. The van der Waals surface area contributed by atoms with Crippen molar-refractivity contribution >= 4 is 32.8 Å². The number of sulfonamides is 1. The molecule has 16 heteroatoms. The molecule has 192 valence electrons. The number of nitrogens with two attached hydrogens (primary N) is 5. The van der Waals surface area contributed by atoms with Crippen LogP contribution in [0.15, 0.2) is 51.3 Å². The van der Waals surface area contributed by atoms with Gasteiger partial charge in [0.1, 0.15) is 15.9 Å². The maximum atomic E-state index is 12.8. The Labute approximate surface area is 204 Å². The van der Waals surface area contributed by atoms with Gasteiger partial charge in [-0.15, -0.1) is 5.10 Å². The van der Waals surface area contributed by atoms with Crippen LogP contribution in [0.4, 0.5) is 0 Å². The second kappa shape index (κ2) is 12.7. The number of primary sulfonamides is 1. The first-order valence-corrected chi connectivity index (χ1v) is 12.9. The molecule has 2 atom stereocenters. The monoisotopic (exact) mass is 527 g/mol. The first-order valence-electron chi connectivity index (χ1n) is 10.2. The van der Waals surface area contributed by atoms with Crippen LogP contribution in [0.2, 0.25) is 0 Å². The Hall–Kier alpha value is -2.96. The van der Waals surface area contributed by atoms with Gasteiger partial charge in [-0.2, -0.15) is 0 Å². The number of hydrogen-bond acceptors (Lipinski definition) is 10. The molecule has 0 saturated heterocycles. The van der Waals surface area contributed by atoms with Crippen LogP contribution >= 0.6 is 0 Å². The molecule has 0 heterocycles. The summed E-state index contributed by atoms with van der Waals surface area (Å²) in [5, 5.41) is 21.3. The Morgan fingerprint density at radius 3 is 2.51 bits per heavy atom. The molecule has 1 amide bonds. The predicted octanol–water partition coefficient (Wildman–Crippen LogP) is -3.30. The van der Waals surface area contributed by atoms with E-state index in [1.54, 1.807) is 12.1 Å². The van der Waals surface area contributed by atoms with E-state index < -0.39 is 37.9 Å². The number of hydrazone groups is 1. The molecule has 2 aromatic carbocycles. The zero-order valence-electron chi connectivity index (χ0n) is 18.6. The second-order valence-electron chi connectivity index (χ2n) is 7.12. The second-order valence-corrected chi connectivity index (χ2v) is 9.88. The van der Waals surface area contributed by atoms with E-state index in [0.29, 0.717) is 5.56 Å². The summed E-state index contributed by atoms with van der Waals surface area (Å²) in [5.41, 5.74) is 19.4. The SMILES string of the molecule is NCCNS(=O)c1ccc(-c2cccc(C(=O)NC[C@H](O)CN)c2)c(/C(N)=N/NN)c1S(N)(=O)=O. The fourth-order valence-corrected chi connectivity index (χ4v) is 5.41. The molecule has 35 heavy (non-hydrogen) atoms. The maximum absolute atomic E-state index is 12.8. The third-order valence-corrected chi connectivity index (χ3v) is 6.96. The van der Waals surface area contributed by atoms with Gasteiger partial charge >= 0.3 is 0 Å². The molecule has 0 aliphatic carbocycles. The maximum Gasteiger partial charge on any atom is 0.251 e. The quantitative estimate of drug-likeness (QED) is 0.0574. The minimum atomic E-state index is -4.49. The van der Waals surface area contributed by atoms with Gasteiger partial charge < -0.3 is 27.6 Å². The number of carbonyl (C=O) groups excluding carboxylic acids is 1. The van der Waals surface area contributed by atoms with Crippen LogP contribution in [0.5, 0.6) is 0 Å². The highest BCUT2D eigenvalue weighted by molar-refractivity contribution is 7.90. The molecular weight excluding hydrogens is 498 g/mol. The Bertz CT molecular complexity index is 1220. The number of hydrazine groups is 1. The molecule has 2 aromatic rings. The van der Waals surface area contributed by atoms with E-state index in [9.17, 15) is 22.5 Å². The number of carbonyl (C=O) groups is 1. The number of nitrogens with one attached hydrogen (secondary N) is 3. The van der Waals surface area contributed by atoms with Gasteiger partial charge in [0.2, 0.25) is 10.0 Å². The average Bonchev–Trinajstić information content (AvgIpc) is 2.84. The summed E-state index contributed by atoms with van der Waals surface area (Å²) >= 11 is 0. The van der Waals surface area contributed by atoms with E-state index in [0.717, 1.165) is 0 Å². The number of amidine groups is 1. The average molecular weight is 528 g/mol. The largest absolute Gasteiger partial charge is 0.390 e. The molecule has 1 unspecified atom stereocenters. The van der Waals surface area contributed by atoms with Gasteiger partial charge in [0.25, 0.3) is 5.91 Å². The summed E-state index contributed by atoms with van der Waals surface area (Å²) in [6.45, 7) is 0.205. The van der Waals surface area contributed by atoms with Gasteiger partial charge in [-0.25, -0.2) is 33.9 Å². The molecule has 0 fully saturated rings. The number of benzene rings is 2. The highest BCUT2D eigenvalue weighted by atomic mass is 32.2. The summed E-state index contributed by atoms with van der Waals surface area (Å²) in [6.07, 6.45) is -0.910. The van der Waals surface area contributed by atoms with E-state index in [2.05, 4.69) is 15.1 Å². The van der Waals surface area contributed by atoms with Crippen molar-refractivity contribution in [2.24, 2.45) is 33.3 Å². The molecule has 0 radical (unpaired) electrons. The van der Waals surface area contributed by atoms with Crippen molar-refractivity contribution in [2.75, 3.05) is 26.2 Å². The van der Waals surface area contributed by atoms with Crippen molar-refractivity contribution in [2.45, 2.75) is 15.9 Å². The van der Waals surface area contributed by atoms with E-state index in [1.165, 1.54) is 24.3 Å². The first-order chi connectivity index (χ1) is 16.5. The normalized spacial score (nSPS) is 13.8. The Balaban J connectivity index is 2.72. The number of rotatable bonds is 12. The van der Waals surface area contributed by atoms with E-state index in [-0.39, 0.29) is 53.6 Å². The van der Waals surface area contributed by atoms with Crippen LogP contribution < -0.4 is 43.8 Å². The highest BCUT2D eigenvalue weighted by Crippen LogP contribution is 2.33. The van der Waals surface area contributed by atoms with Gasteiger partial charge in [-0.05, 0) is 29.3 Å². The summed E-state index contributed by atoms with van der Waals surface area (Å²) in [4.78, 5) is 11.8. The topological polar surface area (TPSA) is 267 Å². The van der Waals surface area contributed by atoms with Crippen molar-refractivity contribution < 1.29 is 22.5 Å². The van der Waals surface area contributed by atoms with Crippen molar-refractivity contribution in [1.82, 2.24) is 15.6 Å². The lowest BCUT2D eigenvalue weighted by atomic mass is 9.97. The van der Waals surface area contributed by atoms with Gasteiger partial charge in [0, 0.05) is 37.3 Å². The van der Waals surface area contributed by atoms with Gasteiger partial charge in [-0.3, -0.25) is 4.79 Å². The van der Waals surface area contributed by atoms with Crippen LogP contribution in [0.25, 0.3) is 11.1 Å². The Morgan fingerprint density at radius 2 is 1.91 bits per heavy atom. The zero-order chi connectivity index (χ0) is 26.2. The number of nitrogens with zero attached hydrogens (tertiary/aromatic N) is 1. The lowest BCUT2D eigenvalue weighted by Gasteiger charge is -2.18. The standard InChI is InChI=1S/C19H29N9O5S2/c20-6-7-26-34(31)15-5-4-14(16(18(22)27-28-23)17(15)35(24,32)33)11-2-1-3-12(8-11)19(30)25-10-13(29)9-21/h1-5,8,13,26,28-29H,6-7,9-10,20-21,23H2,(H2,22,27)(H,25,30)(H2,24,32,33)/t13-,34?/m1/s1. The molecule has 0 aliphatic heterocycles. The molecule has 0 bridgehead atoms. The van der Waals surface area contributed by atoms with Crippen LogP contribution in [0.1, 0.15) is 15.9 Å². The third kappa shape index (κ3) is 7.26. The number of hydrogen-bond donors (Lipinski definition) is 9. The van der Waals surface area contributed by atoms with E-state index in [1.807, 2.05) is 5.53 Å².